The van der Waals surface area contributed by atoms with Crippen LogP contribution in [0.3, 0.4) is 0 Å². The normalized spacial score (nSPS) is 22.3. The van der Waals surface area contributed by atoms with Crippen molar-refractivity contribution >= 4 is 44.0 Å². The topological polar surface area (TPSA) is 205 Å². The molecular weight excluding hydrogens is 1010 g/mol. The molecule has 5 aliphatic rings. The first-order chi connectivity index (χ1) is 37.3. The fraction of sp³-hybridized carbons (Fsp3) is 0.467. The van der Waals surface area contributed by atoms with Gasteiger partial charge in [-0.05, 0) is 134 Å². The minimum Gasteiger partial charge on any atom is -0.493 e. The Labute approximate surface area is 456 Å². The number of sulfonamides is 1. The van der Waals surface area contributed by atoms with Gasteiger partial charge in [0.2, 0.25) is 0 Å². The molecule has 78 heavy (non-hydrogen) atoms. The summed E-state index contributed by atoms with van der Waals surface area (Å²) >= 11 is 0. The van der Waals surface area contributed by atoms with Gasteiger partial charge >= 0.3 is 0 Å². The van der Waals surface area contributed by atoms with Crippen molar-refractivity contribution in [1.29, 1.82) is 0 Å². The largest absolute Gasteiger partial charge is 0.493 e. The summed E-state index contributed by atoms with van der Waals surface area (Å²) < 4.78 is 48.4. The van der Waals surface area contributed by atoms with Crippen LogP contribution in [0.5, 0.6) is 23.0 Å². The Kier molecular flexibility index (Phi) is 14.2. The van der Waals surface area contributed by atoms with E-state index in [1.807, 2.05) is 19.1 Å². The highest BCUT2D eigenvalue weighted by Crippen LogP contribution is 2.54. The third kappa shape index (κ3) is 10.8. The SMILES string of the molecule is COc1cc(CN2CCN(C3CC4(C3)CN(c3ccc(C(=O)NS(=O)(=O)c5ccc(NCC6CCC(C)(O)CC6)c([N+](=O)[O-])c5)c(Oc5cnc6[nH]ccc6c5)c3)C4)[C@H](c3ccccc3C(C)C)C2)cc2c1OCCC2(C)C. The number of aromatic nitrogens is 2. The van der Waals surface area contributed by atoms with E-state index >= 15 is 0 Å². The molecule has 0 bridgehead atoms. The molecule has 412 valence electrons. The summed E-state index contributed by atoms with van der Waals surface area (Å²) in [6.07, 6.45) is 9.17. The van der Waals surface area contributed by atoms with Gasteiger partial charge in [0.1, 0.15) is 22.8 Å². The van der Waals surface area contributed by atoms with E-state index in [9.17, 15) is 28.4 Å². The second-order valence-electron chi connectivity index (χ2n) is 23.9. The Hall–Kier alpha value is -6.73. The molecule has 2 aliphatic carbocycles. The number of nitro benzene ring substituents is 1. The standard InChI is InChI=1S/C60H72N8O9S/c1-38(2)46-9-7-8-10-47(46)52-35-65(34-40-25-49-55(54(26-40)75-6)76-24-20-58(49,3)4)22-23-67(52)43-30-60(31-43)36-66(37-60)42-11-13-48(53(28-42)77-44-27-41-17-21-61-56(41)63-33-44)57(69)64-78(73,74)45-12-14-50(51(29-45)68(71)72)62-32-39-15-18-59(5,70)19-16-39/h7-14,17,21,25-29,33,38-39,43,52,62,70H,15-16,18-20,22-24,30-32,34-37H2,1-6H3,(H,61,63)(H,64,69)/t39?,52-,59?/m0/s1. The van der Waals surface area contributed by atoms with Crippen LogP contribution in [0.15, 0.2) is 102 Å². The quantitative estimate of drug-likeness (QED) is 0.0526. The zero-order valence-electron chi connectivity index (χ0n) is 45.5. The van der Waals surface area contributed by atoms with Gasteiger partial charge in [-0.3, -0.25) is 24.7 Å². The number of hydrogen-bond acceptors (Lipinski definition) is 14. The number of pyridine rings is 1. The number of fused-ring (bicyclic) bond motifs is 2. The number of rotatable bonds is 16. The van der Waals surface area contributed by atoms with Crippen molar-refractivity contribution in [3.63, 3.8) is 0 Å². The van der Waals surface area contributed by atoms with E-state index in [1.54, 1.807) is 31.5 Å². The minimum absolute atomic E-state index is 0.00646. The van der Waals surface area contributed by atoms with Crippen LogP contribution in [0.4, 0.5) is 17.1 Å². The first-order valence-corrected chi connectivity index (χ1v) is 29.0. The molecule has 17 nitrogen and oxygen atoms in total. The second-order valence-corrected chi connectivity index (χ2v) is 25.6. The van der Waals surface area contributed by atoms with E-state index in [0.717, 1.165) is 100 Å². The highest BCUT2D eigenvalue weighted by Gasteiger charge is 2.55. The van der Waals surface area contributed by atoms with E-state index < -0.39 is 37.0 Å². The minimum atomic E-state index is -4.60. The Morgan fingerprint density at radius 3 is 2.51 bits per heavy atom. The average molecular weight is 1080 g/mol. The lowest BCUT2D eigenvalue weighted by Crippen LogP contribution is -2.68. The number of benzene rings is 4. The number of nitrogens with one attached hydrogen (secondary N) is 3. The molecule has 5 heterocycles. The lowest BCUT2D eigenvalue weighted by molar-refractivity contribution is -0.384. The summed E-state index contributed by atoms with van der Waals surface area (Å²) in [7, 11) is -2.87. The molecule has 2 saturated carbocycles. The highest BCUT2D eigenvalue weighted by atomic mass is 32.2. The van der Waals surface area contributed by atoms with Crippen LogP contribution in [-0.2, 0) is 22.0 Å². The van der Waals surface area contributed by atoms with Crippen LogP contribution in [0.25, 0.3) is 11.0 Å². The molecule has 2 saturated heterocycles. The molecule has 0 unspecified atom stereocenters. The molecule has 4 N–H and O–H groups in total. The number of nitro groups is 1. The fourth-order valence-corrected chi connectivity index (χ4v) is 13.8. The summed E-state index contributed by atoms with van der Waals surface area (Å²) in [6, 6.07) is 26.5. The van der Waals surface area contributed by atoms with Gasteiger partial charge in [0, 0.05) is 98.3 Å². The molecular formula is C60H72N8O9S. The summed E-state index contributed by atoms with van der Waals surface area (Å²) in [4.78, 5) is 40.5. The Balaban J connectivity index is 0.792. The number of anilines is 2. The van der Waals surface area contributed by atoms with Gasteiger partial charge in [-0.2, -0.15) is 0 Å². The Morgan fingerprint density at radius 1 is 0.974 bits per heavy atom. The number of aromatic amines is 1. The van der Waals surface area contributed by atoms with Crippen LogP contribution in [-0.4, -0.2) is 109 Å². The predicted octanol–water partition coefficient (Wildman–Crippen LogP) is 10.5. The maximum absolute atomic E-state index is 14.1. The molecule has 6 aromatic rings. The third-order valence-corrected chi connectivity index (χ3v) is 18.8. The lowest BCUT2D eigenvalue weighted by Gasteiger charge is -2.63. The van der Waals surface area contributed by atoms with Gasteiger partial charge in [-0.15, -0.1) is 0 Å². The predicted molar refractivity (Wildman–Crippen MR) is 300 cm³/mol. The number of aliphatic hydroxyl groups is 1. The summed E-state index contributed by atoms with van der Waals surface area (Å²) in [5.41, 5.74) is 5.83. The first kappa shape index (κ1) is 53.3. The summed E-state index contributed by atoms with van der Waals surface area (Å²) in [5.74, 6) is 1.78. The van der Waals surface area contributed by atoms with E-state index in [2.05, 4.69) is 98.8 Å². The molecule has 3 aliphatic heterocycles. The summed E-state index contributed by atoms with van der Waals surface area (Å²) in [6.45, 7) is 17.3. The Morgan fingerprint density at radius 2 is 1.76 bits per heavy atom. The van der Waals surface area contributed by atoms with E-state index in [4.69, 9.17) is 14.2 Å². The maximum Gasteiger partial charge on any atom is 0.293 e. The van der Waals surface area contributed by atoms with Crippen molar-refractivity contribution in [2.24, 2.45) is 11.3 Å². The van der Waals surface area contributed by atoms with Gasteiger partial charge in [-0.1, -0.05) is 52.0 Å². The van der Waals surface area contributed by atoms with E-state index in [1.165, 1.54) is 40.6 Å². The molecule has 11 rings (SSSR count). The second kappa shape index (κ2) is 20.8. The van der Waals surface area contributed by atoms with Crippen molar-refractivity contribution < 1.29 is 37.5 Å². The van der Waals surface area contributed by atoms with Gasteiger partial charge in [-0.25, -0.2) is 18.1 Å². The van der Waals surface area contributed by atoms with Gasteiger partial charge in [0.05, 0.1) is 40.9 Å². The molecule has 18 heteroatoms. The van der Waals surface area contributed by atoms with Crippen molar-refractivity contribution in [2.45, 2.75) is 120 Å². The van der Waals surface area contributed by atoms with Crippen LogP contribution in [0, 0.1) is 21.4 Å². The summed E-state index contributed by atoms with van der Waals surface area (Å²) in [5, 5.41) is 26.5. The van der Waals surface area contributed by atoms with E-state index in [0.29, 0.717) is 49.3 Å². The molecule has 2 aromatic heterocycles. The lowest BCUT2D eigenvalue weighted by atomic mass is 9.59. The van der Waals surface area contributed by atoms with Crippen LogP contribution in [0.1, 0.15) is 124 Å². The van der Waals surface area contributed by atoms with E-state index in [-0.39, 0.29) is 39.8 Å². The van der Waals surface area contributed by atoms with Gasteiger partial charge < -0.3 is 34.5 Å². The monoisotopic (exact) mass is 1080 g/mol. The number of carbonyl (C=O) groups excluding carboxylic acids is 1. The van der Waals surface area contributed by atoms with Crippen LogP contribution in [0.2, 0.25) is 0 Å². The number of ether oxygens (including phenoxy) is 3. The first-order valence-electron chi connectivity index (χ1n) is 27.5. The average Bonchev–Trinajstić information content (AvgIpc) is 3.48. The van der Waals surface area contributed by atoms with Gasteiger partial charge in [0.15, 0.2) is 11.5 Å². The molecule has 1 spiro atoms. The zero-order valence-corrected chi connectivity index (χ0v) is 46.3. The van der Waals surface area contributed by atoms with Crippen LogP contribution < -0.4 is 29.1 Å². The number of amides is 1. The van der Waals surface area contributed by atoms with Crippen LogP contribution >= 0.6 is 0 Å². The number of H-pyrrole nitrogens is 1. The third-order valence-electron chi connectivity index (χ3n) is 17.4. The van der Waals surface area contributed by atoms with Gasteiger partial charge in [0.25, 0.3) is 21.6 Å². The molecule has 1 amide bonds. The zero-order chi connectivity index (χ0) is 54.7. The fourth-order valence-electron chi connectivity index (χ4n) is 12.8. The highest BCUT2D eigenvalue weighted by molar-refractivity contribution is 7.90. The maximum atomic E-state index is 14.1. The number of methoxy groups -OCH3 is 1. The number of piperazine rings is 1. The van der Waals surface area contributed by atoms with Crippen molar-refractivity contribution in [1.82, 2.24) is 24.5 Å². The molecule has 1 atom stereocenters. The molecule has 4 fully saturated rings. The smallest absolute Gasteiger partial charge is 0.293 e. The number of carbonyl (C=O) groups is 1. The van der Waals surface area contributed by atoms with Crippen molar-refractivity contribution in [3.8, 4) is 23.0 Å². The Bertz CT molecular complexity index is 3350. The number of nitrogens with zero attached hydrogens (tertiary/aromatic N) is 5. The van der Waals surface area contributed by atoms with Crippen molar-refractivity contribution in [3.05, 3.63) is 135 Å². The number of hydrogen-bond donors (Lipinski definition) is 4. The molecule has 4 aromatic carbocycles. The van der Waals surface area contributed by atoms with Crippen molar-refractivity contribution in [2.75, 3.05) is 63.2 Å². The molecule has 0 radical (unpaired) electrons.